The van der Waals surface area contributed by atoms with E-state index in [1.165, 1.54) is 37.9 Å². The van der Waals surface area contributed by atoms with Gasteiger partial charge in [0.05, 0.1) is 13.1 Å². The maximum absolute atomic E-state index is 3.45. The van der Waals surface area contributed by atoms with Gasteiger partial charge in [-0.05, 0) is 37.3 Å². The molecule has 0 aliphatic carbocycles. The van der Waals surface area contributed by atoms with E-state index in [0.717, 1.165) is 23.1 Å². The topological polar surface area (TPSA) is 0 Å². The number of quaternary nitrogens is 1. The lowest BCUT2D eigenvalue weighted by molar-refractivity contribution is -0.938. The predicted octanol–water partition coefficient (Wildman–Crippen LogP) is 4.24. The summed E-state index contributed by atoms with van der Waals surface area (Å²) in [5, 5.41) is 0. The summed E-state index contributed by atoms with van der Waals surface area (Å²) in [7, 11) is 0. The Bertz CT molecular complexity index is 628. The van der Waals surface area contributed by atoms with Crippen molar-refractivity contribution in [2.45, 2.75) is 25.8 Å². The van der Waals surface area contributed by atoms with Crippen LogP contribution >= 0.6 is 0 Å². The standard InChI is InChI=1S/C21H24N/c1-4-11-20(12-5-1)15-10-18-22(16-8-3-9-17-22)19-21-13-6-2-7-14-21/h1-2,4-7,11-14H,3,8-9,16-19H2/q+1. The average molecular weight is 290 g/mol. The Hall–Kier alpha value is -2.04. The van der Waals surface area contributed by atoms with Crippen molar-refractivity contribution >= 4 is 0 Å². The fourth-order valence-corrected chi connectivity index (χ4v) is 3.36. The lowest BCUT2D eigenvalue weighted by atomic mass is 10.0. The molecule has 2 aromatic rings. The van der Waals surface area contributed by atoms with Gasteiger partial charge in [0.1, 0.15) is 13.1 Å². The molecule has 0 aromatic heterocycles. The molecule has 1 heteroatoms. The molecule has 22 heavy (non-hydrogen) atoms. The van der Waals surface area contributed by atoms with Gasteiger partial charge >= 0.3 is 0 Å². The molecule has 0 unspecified atom stereocenters. The second kappa shape index (κ2) is 7.29. The molecule has 0 radical (unpaired) electrons. The Morgan fingerprint density at radius 1 is 0.773 bits per heavy atom. The number of rotatable bonds is 3. The SMILES string of the molecule is C(#Cc1ccccc1)C[N+]1(Cc2ccccc2)CCCCC1. The molecule has 0 amide bonds. The maximum atomic E-state index is 3.45. The van der Waals surface area contributed by atoms with E-state index in [-0.39, 0.29) is 0 Å². The minimum atomic E-state index is 0.962. The fraction of sp³-hybridized carbons (Fsp3) is 0.333. The summed E-state index contributed by atoms with van der Waals surface area (Å²) >= 11 is 0. The third kappa shape index (κ3) is 4.00. The lowest BCUT2D eigenvalue weighted by Crippen LogP contribution is -2.50. The summed E-state index contributed by atoms with van der Waals surface area (Å²) in [5.74, 6) is 6.79. The molecule has 0 atom stereocenters. The smallest absolute Gasteiger partial charge is 0.141 e. The number of nitrogens with zero attached hydrogens (tertiary/aromatic N) is 1. The van der Waals surface area contributed by atoms with E-state index in [0.29, 0.717) is 0 Å². The zero-order chi connectivity index (χ0) is 15.1. The molecule has 1 aliphatic rings. The van der Waals surface area contributed by atoms with Gasteiger partial charge in [0, 0.05) is 11.1 Å². The van der Waals surface area contributed by atoms with Crippen molar-refractivity contribution in [2.75, 3.05) is 19.6 Å². The van der Waals surface area contributed by atoms with Gasteiger partial charge in [-0.15, -0.1) is 0 Å². The Balaban J connectivity index is 1.74. The summed E-state index contributed by atoms with van der Waals surface area (Å²) in [6, 6.07) is 21.2. The normalized spacial score (nSPS) is 16.5. The molecular formula is C21H24N+. The summed E-state index contributed by atoms with van der Waals surface area (Å²) < 4.78 is 1.13. The van der Waals surface area contributed by atoms with E-state index < -0.39 is 0 Å². The molecule has 0 saturated carbocycles. The molecule has 0 N–H and O–H groups in total. The molecule has 112 valence electrons. The van der Waals surface area contributed by atoms with Crippen molar-refractivity contribution in [3.05, 3.63) is 71.8 Å². The molecule has 2 aromatic carbocycles. The zero-order valence-electron chi connectivity index (χ0n) is 13.2. The van der Waals surface area contributed by atoms with Crippen LogP contribution in [0.1, 0.15) is 30.4 Å². The molecule has 1 nitrogen and oxygen atoms in total. The largest absolute Gasteiger partial charge is 0.310 e. The number of piperidine rings is 1. The van der Waals surface area contributed by atoms with E-state index >= 15 is 0 Å². The van der Waals surface area contributed by atoms with Gasteiger partial charge < -0.3 is 4.48 Å². The van der Waals surface area contributed by atoms with Gasteiger partial charge in [-0.2, -0.15) is 0 Å². The van der Waals surface area contributed by atoms with Crippen molar-refractivity contribution in [2.24, 2.45) is 0 Å². The van der Waals surface area contributed by atoms with Crippen molar-refractivity contribution in [1.29, 1.82) is 0 Å². The summed E-state index contributed by atoms with van der Waals surface area (Å²) in [6.45, 7) is 4.60. The second-order valence-electron chi connectivity index (χ2n) is 6.32. The highest BCUT2D eigenvalue weighted by Crippen LogP contribution is 2.22. The summed E-state index contributed by atoms with van der Waals surface area (Å²) in [4.78, 5) is 0. The molecule has 1 fully saturated rings. The number of hydrogen-bond donors (Lipinski definition) is 0. The molecule has 1 saturated heterocycles. The highest BCUT2D eigenvalue weighted by Gasteiger charge is 2.29. The third-order valence-corrected chi connectivity index (χ3v) is 4.55. The monoisotopic (exact) mass is 290 g/mol. The predicted molar refractivity (Wildman–Crippen MR) is 92.2 cm³/mol. The van der Waals surface area contributed by atoms with Crippen LogP contribution in [-0.2, 0) is 6.54 Å². The van der Waals surface area contributed by atoms with E-state index in [1.54, 1.807) is 0 Å². The Morgan fingerprint density at radius 3 is 2.09 bits per heavy atom. The number of hydrogen-bond acceptors (Lipinski definition) is 0. The third-order valence-electron chi connectivity index (χ3n) is 4.55. The lowest BCUT2D eigenvalue weighted by Gasteiger charge is -2.40. The van der Waals surface area contributed by atoms with Gasteiger partial charge in [-0.3, -0.25) is 0 Å². The van der Waals surface area contributed by atoms with Gasteiger partial charge in [0.2, 0.25) is 0 Å². The van der Waals surface area contributed by atoms with E-state index in [4.69, 9.17) is 0 Å². The van der Waals surface area contributed by atoms with Crippen LogP contribution in [0, 0.1) is 11.8 Å². The number of benzene rings is 2. The minimum Gasteiger partial charge on any atom is -0.310 e. The first-order chi connectivity index (χ1) is 10.9. The van der Waals surface area contributed by atoms with Crippen molar-refractivity contribution in [3.8, 4) is 11.8 Å². The molecular weight excluding hydrogens is 266 g/mol. The van der Waals surface area contributed by atoms with Gasteiger partial charge in [-0.1, -0.05) is 54.5 Å². The second-order valence-corrected chi connectivity index (χ2v) is 6.32. The van der Waals surface area contributed by atoms with Crippen LogP contribution < -0.4 is 0 Å². The molecule has 0 bridgehead atoms. The first kappa shape index (κ1) is 14.9. The highest BCUT2D eigenvalue weighted by molar-refractivity contribution is 5.33. The Labute approximate surface area is 134 Å². The van der Waals surface area contributed by atoms with E-state index in [1.807, 2.05) is 6.07 Å². The summed E-state index contributed by atoms with van der Waals surface area (Å²) in [5.41, 5.74) is 2.56. The highest BCUT2D eigenvalue weighted by atomic mass is 15.3. The molecule has 0 spiro atoms. The van der Waals surface area contributed by atoms with E-state index in [9.17, 15) is 0 Å². The molecule has 1 aliphatic heterocycles. The number of likely N-dealkylation sites (tertiary alicyclic amines) is 1. The fourth-order valence-electron chi connectivity index (χ4n) is 3.36. The quantitative estimate of drug-likeness (QED) is 0.586. The zero-order valence-corrected chi connectivity index (χ0v) is 13.2. The van der Waals surface area contributed by atoms with Crippen molar-refractivity contribution in [3.63, 3.8) is 0 Å². The van der Waals surface area contributed by atoms with Crippen LogP contribution in [0.4, 0.5) is 0 Å². The maximum Gasteiger partial charge on any atom is 0.141 e. The van der Waals surface area contributed by atoms with Gasteiger partial charge in [0.25, 0.3) is 0 Å². The van der Waals surface area contributed by atoms with Crippen molar-refractivity contribution < 1.29 is 4.48 Å². The van der Waals surface area contributed by atoms with Gasteiger partial charge in [0.15, 0.2) is 0 Å². The first-order valence-electron chi connectivity index (χ1n) is 8.29. The van der Waals surface area contributed by atoms with Crippen LogP contribution in [0.25, 0.3) is 0 Å². The molecule has 3 rings (SSSR count). The van der Waals surface area contributed by atoms with Crippen LogP contribution in [0.15, 0.2) is 60.7 Å². The van der Waals surface area contributed by atoms with Crippen LogP contribution in [-0.4, -0.2) is 24.1 Å². The van der Waals surface area contributed by atoms with Crippen molar-refractivity contribution in [1.82, 2.24) is 0 Å². The average Bonchev–Trinajstić information content (AvgIpc) is 2.58. The Morgan fingerprint density at radius 2 is 1.41 bits per heavy atom. The van der Waals surface area contributed by atoms with Gasteiger partial charge in [-0.25, -0.2) is 0 Å². The Kier molecular flexibility index (Phi) is 4.93. The van der Waals surface area contributed by atoms with E-state index in [2.05, 4.69) is 66.4 Å². The first-order valence-corrected chi connectivity index (χ1v) is 8.29. The van der Waals surface area contributed by atoms with Crippen LogP contribution in [0.2, 0.25) is 0 Å². The van der Waals surface area contributed by atoms with Crippen LogP contribution in [0.5, 0.6) is 0 Å². The summed E-state index contributed by atoms with van der Waals surface area (Å²) in [6.07, 6.45) is 4.04. The molecule has 1 heterocycles. The minimum absolute atomic E-state index is 0.962. The van der Waals surface area contributed by atoms with Crippen LogP contribution in [0.3, 0.4) is 0 Å².